The van der Waals surface area contributed by atoms with Crippen LogP contribution in [0.15, 0.2) is 0 Å². The molecule has 4 heteroatoms. The van der Waals surface area contributed by atoms with Crippen molar-refractivity contribution in [1.82, 2.24) is 5.32 Å². The van der Waals surface area contributed by atoms with Gasteiger partial charge in [-0.25, -0.2) is 4.79 Å². The molecule has 1 rings (SSSR count). The Bertz CT molecular complexity index is 216. The van der Waals surface area contributed by atoms with Crippen LogP contribution in [0, 0.1) is 0 Å². The molecule has 0 bridgehead atoms. The lowest BCUT2D eigenvalue weighted by Gasteiger charge is -2.19. The molecule has 0 aliphatic heterocycles. The molecule has 1 aliphatic rings. The van der Waals surface area contributed by atoms with Crippen LogP contribution in [0.4, 0.5) is 4.79 Å². The molecule has 1 amide bonds. The molecule has 14 heavy (non-hydrogen) atoms. The Morgan fingerprint density at radius 1 is 1.50 bits per heavy atom. The van der Waals surface area contributed by atoms with E-state index in [1.165, 1.54) is 0 Å². The third-order valence-corrected chi connectivity index (χ3v) is 2.09. The highest BCUT2D eigenvalue weighted by molar-refractivity contribution is 5.67. The minimum Gasteiger partial charge on any atom is -0.444 e. The zero-order chi connectivity index (χ0) is 10.8. The molecule has 82 valence electrons. The smallest absolute Gasteiger partial charge is 0.407 e. The molecule has 0 saturated heterocycles. The molecular weight excluding hydrogens is 182 g/mol. The van der Waals surface area contributed by atoms with Crippen molar-refractivity contribution in [2.75, 3.05) is 6.54 Å². The van der Waals surface area contributed by atoms with Crippen LogP contribution in [-0.4, -0.2) is 28.9 Å². The molecule has 1 aliphatic carbocycles. The van der Waals surface area contributed by atoms with Gasteiger partial charge in [0, 0.05) is 6.54 Å². The van der Waals surface area contributed by atoms with Gasteiger partial charge < -0.3 is 15.2 Å². The maximum absolute atomic E-state index is 11.1. The van der Waals surface area contributed by atoms with Crippen molar-refractivity contribution in [2.24, 2.45) is 0 Å². The summed E-state index contributed by atoms with van der Waals surface area (Å²) in [4.78, 5) is 11.1. The van der Waals surface area contributed by atoms with Crippen LogP contribution in [0.5, 0.6) is 0 Å². The Kier molecular flexibility index (Phi) is 3.04. The van der Waals surface area contributed by atoms with E-state index in [0.29, 0.717) is 13.0 Å². The molecule has 1 fully saturated rings. The summed E-state index contributed by atoms with van der Waals surface area (Å²) in [6, 6.07) is 0. The minimum absolute atomic E-state index is 0.415. The predicted molar refractivity (Wildman–Crippen MR) is 53.0 cm³/mol. The van der Waals surface area contributed by atoms with Crippen molar-refractivity contribution in [3.05, 3.63) is 0 Å². The second-order valence-electron chi connectivity index (χ2n) is 4.90. The van der Waals surface area contributed by atoms with Gasteiger partial charge in [-0.15, -0.1) is 0 Å². The Hall–Kier alpha value is -0.770. The first-order valence-electron chi connectivity index (χ1n) is 5.00. The van der Waals surface area contributed by atoms with Crippen molar-refractivity contribution in [3.8, 4) is 0 Å². The van der Waals surface area contributed by atoms with Crippen LogP contribution >= 0.6 is 0 Å². The van der Waals surface area contributed by atoms with E-state index in [0.717, 1.165) is 12.8 Å². The Labute approximate surface area is 84.6 Å². The minimum atomic E-state index is -0.505. The molecule has 4 nitrogen and oxygen atoms in total. The maximum atomic E-state index is 11.1. The van der Waals surface area contributed by atoms with Crippen molar-refractivity contribution >= 4 is 6.09 Å². The number of rotatable bonds is 3. The predicted octanol–water partition coefficient (Wildman–Crippen LogP) is 1.43. The highest BCUT2D eigenvalue weighted by Gasteiger charge is 2.39. The van der Waals surface area contributed by atoms with Crippen LogP contribution in [0.2, 0.25) is 0 Å². The molecule has 0 atom stereocenters. The summed E-state index contributed by atoms with van der Waals surface area (Å²) in [5.41, 5.74) is -0.963. The zero-order valence-corrected chi connectivity index (χ0v) is 9.09. The number of carbonyl (C=O) groups excluding carboxylic acids is 1. The van der Waals surface area contributed by atoms with Gasteiger partial charge >= 0.3 is 6.09 Å². The monoisotopic (exact) mass is 201 g/mol. The summed E-state index contributed by atoms with van der Waals surface area (Å²) in [6.07, 6.45) is 1.90. The van der Waals surface area contributed by atoms with Gasteiger partial charge in [-0.05, 0) is 40.0 Å². The molecule has 0 aromatic carbocycles. The number of amides is 1. The maximum Gasteiger partial charge on any atom is 0.407 e. The molecule has 0 aromatic rings. The summed E-state index contributed by atoms with van der Waals surface area (Å²) in [5, 5.41) is 12.1. The van der Waals surface area contributed by atoms with Crippen molar-refractivity contribution in [1.29, 1.82) is 0 Å². The van der Waals surface area contributed by atoms with Gasteiger partial charge in [0.1, 0.15) is 5.60 Å². The van der Waals surface area contributed by atoms with Crippen LogP contribution in [-0.2, 0) is 4.74 Å². The molecule has 0 spiro atoms. The first-order valence-corrected chi connectivity index (χ1v) is 5.00. The van der Waals surface area contributed by atoms with Gasteiger partial charge in [0.2, 0.25) is 0 Å². The molecular formula is C10H19NO3. The fraction of sp³-hybridized carbons (Fsp3) is 0.900. The third-order valence-electron chi connectivity index (χ3n) is 2.09. The van der Waals surface area contributed by atoms with E-state index >= 15 is 0 Å². The van der Waals surface area contributed by atoms with E-state index in [2.05, 4.69) is 5.32 Å². The SMILES string of the molecule is CC(C)(C)OC(=O)NCCC1(O)CC1. The lowest BCUT2D eigenvalue weighted by molar-refractivity contribution is 0.0515. The van der Waals surface area contributed by atoms with E-state index in [-0.39, 0.29) is 0 Å². The van der Waals surface area contributed by atoms with Crippen molar-refractivity contribution < 1.29 is 14.6 Å². The van der Waals surface area contributed by atoms with E-state index in [1.807, 2.05) is 20.8 Å². The van der Waals surface area contributed by atoms with Gasteiger partial charge in [-0.1, -0.05) is 0 Å². The number of aliphatic hydroxyl groups is 1. The summed E-state index contributed by atoms with van der Waals surface area (Å²) in [5.74, 6) is 0. The molecule has 0 aromatic heterocycles. The van der Waals surface area contributed by atoms with E-state index in [4.69, 9.17) is 4.74 Å². The Balaban J connectivity index is 2.09. The molecule has 0 unspecified atom stereocenters. The fourth-order valence-electron chi connectivity index (χ4n) is 1.11. The summed E-state index contributed by atoms with van der Waals surface area (Å²) in [6.45, 7) is 5.94. The van der Waals surface area contributed by atoms with Crippen LogP contribution < -0.4 is 5.32 Å². The van der Waals surface area contributed by atoms with Crippen LogP contribution in [0.1, 0.15) is 40.0 Å². The van der Waals surface area contributed by atoms with E-state index < -0.39 is 17.3 Å². The van der Waals surface area contributed by atoms with Gasteiger partial charge in [0.05, 0.1) is 5.60 Å². The van der Waals surface area contributed by atoms with Gasteiger partial charge in [0.25, 0.3) is 0 Å². The fourth-order valence-corrected chi connectivity index (χ4v) is 1.11. The Morgan fingerprint density at radius 3 is 2.50 bits per heavy atom. The zero-order valence-electron chi connectivity index (χ0n) is 9.09. The number of alkyl carbamates (subject to hydrolysis) is 1. The van der Waals surface area contributed by atoms with Gasteiger partial charge in [0.15, 0.2) is 0 Å². The summed E-state index contributed by atoms with van der Waals surface area (Å²) >= 11 is 0. The third kappa shape index (κ3) is 4.46. The number of carbonyl (C=O) groups is 1. The lowest BCUT2D eigenvalue weighted by Crippen LogP contribution is -2.34. The molecule has 2 N–H and O–H groups in total. The number of hydrogen-bond donors (Lipinski definition) is 2. The van der Waals surface area contributed by atoms with E-state index in [9.17, 15) is 9.90 Å². The standard InChI is InChI=1S/C10H19NO3/c1-9(2,3)14-8(12)11-7-6-10(13)4-5-10/h13H,4-7H2,1-3H3,(H,11,12). The van der Waals surface area contributed by atoms with Crippen LogP contribution in [0.3, 0.4) is 0 Å². The first-order chi connectivity index (χ1) is 6.31. The first kappa shape index (κ1) is 11.3. The molecule has 0 radical (unpaired) electrons. The quantitative estimate of drug-likeness (QED) is 0.726. The Morgan fingerprint density at radius 2 is 2.07 bits per heavy atom. The van der Waals surface area contributed by atoms with Gasteiger partial charge in [-0.3, -0.25) is 0 Å². The summed E-state index contributed by atoms with van der Waals surface area (Å²) in [7, 11) is 0. The topological polar surface area (TPSA) is 58.6 Å². The number of hydrogen-bond acceptors (Lipinski definition) is 3. The second kappa shape index (κ2) is 3.77. The van der Waals surface area contributed by atoms with Crippen molar-refractivity contribution in [2.45, 2.75) is 51.2 Å². The lowest BCUT2D eigenvalue weighted by atomic mass is 10.2. The average Bonchev–Trinajstić information content (AvgIpc) is 2.64. The second-order valence-corrected chi connectivity index (χ2v) is 4.90. The number of ether oxygens (including phenoxy) is 1. The highest BCUT2D eigenvalue weighted by atomic mass is 16.6. The number of nitrogens with one attached hydrogen (secondary N) is 1. The summed E-state index contributed by atoms with van der Waals surface area (Å²) < 4.78 is 5.04. The highest BCUT2D eigenvalue weighted by Crippen LogP contribution is 2.37. The van der Waals surface area contributed by atoms with E-state index in [1.54, 1.807) is 0 Å². The van der Waals surface area contributed by atoms with Crippen LogP contribution in [0.25, 0.3) is 0 Å². The normalized spacial score (nSPS) is 18.9. The molecule has 0 heterocycles. The van der Waals surface area contributed by atoms with Crippen molar-refractivity contribution in [3.63, 3.8) is 0 Å². The van der Waals surface area contributed by atoms with Gasteiger partial charge in [-0.2, -0.15) is 0 Å². The molecule has 1 saturated carbocycles. The largest absolute Gasteiger partial charge is 0.444 e. The average molecular weight is 201 g/mol.